The molecule has 0 heterocycles. The monoisotopic (exact) mass is 354 g/mol. The van der Waals surface area contributed by atoms with Crippen LogP contribution in [0.25, 0.3) is 0 Å². The van der Waals surface area contributed by atoms with Gasteiger partial charge in [0.25, 0.3) is 0 Å². The highest BCUT2D eigenvalue weighted by molar-refractivity contribution is 5.95. The fraction of sp³-hybridized carbons (Fsp3) is 0.176. The van der Waals surface area contributed by atoms with Gasteiger partial charge in [0.05, 0.1) is 0 Å². The topological polar surface area (TPSA) is 49.4 Å². The van der Waals surface area contributed by atoms with E-state index in [0.717, 1.165) is 48.2 Å². The molecule has 0 aliphatic heterocycles. The molecule has 0 atom stereocenters. The van der Waals surface area contributed by atoms with Gasteiger partial charge in [0.15, 0.2) is 0 Å². The Bertz CT molecular complexity index is 771. The first-order valence-corrected chi connectivity index (χ1v) is 7.27. The molecule has 0 radical (unpaired) electrons. The van der Waals surface area contributed by atoms with E-state index in [1.54, 1.807) is 0 Å². The molecule has 0 spiro atoms. The van der Waals surface area contributed by atoms with Crippen molar-refractivity contribution < 1.29 is 27.2 Å². The fourth-order valence-electron chi connectivity index (χ4n) is 2.21. The summed E-state index contributed by atoms with van der Waals surface area (Å²) >= 11 is 0. The van der Waals surface area contributed by atoms with Gasteiger partial charge in [-0.15, -0.1) is 0 Å². The molecular weight excluding hydrogens is 340 g/mol. The highest BCUT2D eigenvalue weighted by atomic mass is 19.1. The highest BCUT2D eigenvalue weighted by Crippen LogP contribution is 2.24. The van der Waals surface area contributed by atoms with Crippen molar-refractivity contribution in [2.75, 3.05) is 16.8 Å². The molecule has 4 nitrogen and oxygen atoms in total. The minimum Gasteiger partial charge on any atom is -0.321 e. The number of halogens is 4. The first kappa shape index (κ1) is 18.4. The number of carbonyl (C=O) groups is 2. The van der Waals surface area contributed by atoms with Crippen LogP contribution in [0.4, 0.5) is 28.9 Å². The van der Waals surface area contributed by atoms with E-state index in [1.807, 2.05) is 5.32 Å². The van der Waals surface area contributed by atoms with Gasteiger partial charge in [0.2, 0.25) is 11.8 Å². The summed E-state index contributed by atoms with van der Waals surface area (Å²) in [5.41, 5.74) is -1.21. The van der Waals surface area contributed by atoms with Crippen LogP contribution in [0.2, 0.25) is 0 Å². The number of nitrogens with one attached hydrogen (secondary N) is 1. The number of nitrogens with zero attached hydrogens (tertiary/aromatic N) is 1. The normalized spacial score (nSPS) is 10.4. The van der Waals surface area contributed by atoms with E-state index < -0.39 is 52.9 Å². The molecule has 0 aliphatic carbocycles. The second-order valence-electron chi connectivity index (χ2n) is 5.14. The van der Waals surface area contributed by atoms with Crippen LogP contribution in [0.15, 0.2) is 36.4 Å². The quantitative estimate of drug-likeness (QED) is 0.834. The second-order valence-corrected chi connectivity index (χ2v) is 5.14. The summed E-state index contributed by atoms with van der Waals surface area (Å²) in [5, 5.41) is 2.04. The first-order valence-electron chi connectivity index (χ1n) is 7.27. The summed E-state index contributed by atoms with van der Waals surface area (Å²) in [4.78, 5) is 24.3. The Morgan fingerprint density at radius 1 is 0.920 bits per heavy atom. The van der Waals surface area contributed by atoms with E-state index >= 15 is 0 Å². The lowest BCUT2D eigenvalue weighted by Crippen LogP contribution is -2.33. The third-order valence-corrected chi connectivity index (χ3v) is 3.38. The second kappa shape index (κ2) is 7.78. The smallest absolute Gasteiger partial charge is 0.226 e. The van der Waals surface area contributed by atoms with Crippen LogP contribution in [0.3, 0.4) is 0 Å². The van der Waals surface area contributed by atoms with E-state index in [1.165, 1.54) is 0 Å². The summed E-state index contributed by atoms with van der Waals surface area (Å²) in [6.45, 7) is 0.718. The highest BCUT2D eigenvalue weighted by Gasteiger charge is 2.21. The van der Waals surface area contributed by atoms with Crippen molar-refractivity contribution in [1.82, 2.24) is 0 Å². The van der Waals surface area contributed by atoms with Crippen LogP contribution in [0, 0.1) is 23.3 Å². The van der Waals surface area contributed by atoms with Gasteiger partial charge in [-0.25, -0.2) is 17.6 Å². The van der Waals surface area contributed by atoms with E-state index in [0.29, 0.717) is 0 Å². The SMILES string of the molecule is CC(=O)N(CCC(=O)Nc1c(F)cccc1F)c1c(F)cccc1F. The van der Waals surface area contributed by atoms with Gasteiger partial charge < -0.3 is 10.2 Å². The van der Waals surface area contributed by atoms with Gasteiger partial charge in [0, 0.05) is 19.9 Å². The van der Waals surface area contributed by atoms with Crippen molar-refractivity contribution in [3.05, 3.63) is 59.7 Å². The van der Waals surface area contributed by atoms with Crippen molar-refractivity contribution in [1.29, 1.82) is 0 Å². The molecule has 8 heteroatoms. The number of para-hydroxylation sites is 2. The maximum atomic E-state index is 13.8. The lowest BCUT2D eigenvalue weighted by atomic mass is 10.2. The van der Waals surface area contributed by atoms with E-state index in [2.05, 4.69) is 0 Å². The summed E-state index contributed by atoms with van der Waals surface area (Å²) in [5.74, 6) is -5.35. The lowest BCUT2D eigenvalue weighted by molar-refractivity contribution is -0.117. The summed E-state index contributed by atoms with van der Waals surface area (Å²) in [6, 6.07) is 6.16. The number of amides is 2. The fourth-order valence-corrected chi connectivity index (χ4v) is 2.21. The number of anilines is 2. The molecular formula is C17H14F4N2O2. The van der Waals surface area contributed by atoms with E-state index in [4.69, 9.17) is 0 Å². The maximum absolute atomic E-state index is 13.8. The molecule has 0 saturated carbocycles. The Morgan fingerprint density at radius 2 is 1.40 bits per heavy atom. The molecule has 0 aliphatic rings. The van der Waals surface area contributed by atoms with E-state index in [-0.39, 0.29) is 6.54 Å². The number of carbonyl (C=O) groups excluding carboxylic acids is 2. The summed E-state index contributed by atoms with van der Waals surface area (Å²) in [6.07, 6.45) is -0.416. The van der Waals surface area contributed by atoms with Gasteiger partial charge in [-0.3, -0.25) is 9.59 Å². The zero-order valence-electron chi connectivity index (χ0n) is 13.2. The minimum absolute atomic E-state index is 0.366. The summed E-state index contributed by atoms with van der Waals surface area (Å²) in [7, 11) is 0. The van der Waals surface area contributed by atoms with Crippen LogP contribution < -0.4 is 10.2 Å². The maximum Gasteiger partial charge on any atom is 0.226 e. The molecule has 0 fully saturated rings. The predicted molar refractivity (Wildman–Crippen MR) is 84.0 cm³/mol. The van der Waals surface area contributed by atoms with Gasteiger partial charge in [0.1, 0.15) is 34.6 Å². The molecule has 2 aromatic carbocycles. The lowest BCUT2D eigenvalue weighted by Gasteiger charge is -2.22. The van der Waals surface area contributed by atoms with Crippen LogP contribution in [0.5, 0.6) is 0 Å². The molecule has 1 N–H and O–H groups in total. The van der Waals surface area contributed by atoms with Crippen molar-refractivity contribution in [2.24, 2.45) is 0 Å². The molecule has 2 aromatic rings. The third-order valence-electron chi connectivity index (χ3n) is 3.38. The van der Waals surface area contributed by atoms with Crippen LogP contribution in [-0.4, -0.2) is 18.4 Å². The molecule has 0 unspecified atom stereocenters. The van der Waals surface area contributed by atoms with Gasteiger partial charge >= 0.3 is 0 Å². The zero-order valence-corrected chi connectivity index (χ0v) is 13.2. The molecule has 25 heavy (non-hydrogen) atoms. The van der Waals surface area contributed by atoms with Gasteiger partial charge in [-0.05, 0) is 24.3 Å². The van der Waals surface area contributed by atoms with Crippen LogP contribution in [0.1, 0.15) is 13.3 Å². The van der Waals surface area contributed by atoms with Crippen molar-refractivity contribution >= 4 is 23.2 Å². The average Bonchev–Trinajstić information content (AvgIpc) is 2.53. The number of benzene rings is 2. The van der Waals surface area contributed by atoms with Crippen molar-refractivity contribution in [3.63, 3.8) is 0 Å². The summed E-state index contributed by atoms with van der Waals surface area (Å²) < 4.78 is 54.6. The Labute approximate surface area is 141 Å². The van der Waals surface area contributed by atoms with Crippen molar-refractivity contribution in [3.8, 4) is 0 Å². The molecule has 0 saturated heterocycles. The molecule has 2 rings (SSSR count). The zero-order chi connectivity index (χ0) is 18.6. The third kappa shape index (κ3) is 4.34. The largest absolute Gasteiger partial charge is 0.321 e. The predicted octanol–water partition coefficient (Wildman–Crippen LogP) is 3.62. The molecule has 2 amide bonds. The van der Waals surface area contributed by atoms with Crippen LogP contribution in [-0.2, 0) is 9.59 Å². The molecule has 0 bridgehead atoms. The standard InChI is InChI=1S/C17H14F4N2O2/c1-10(24)23(17-13(20)6-3-7-14(17)21)9-8-15(25)22-16-11(18)4-2-5-12(16)19/h2-7H,8-9H2,1H3,(H,22,25). The Kier molecular flexibility index (Phi) is 5.74. The van der Waals surface area contributed by atoms with Crippen LogP contribution >= 0.6 is 0 Å². The number of hydrogen-bond acceptors (Lipinski definition) is 2. The first-order chi connectivity index (χ1) is 11.8. The Hall–Kier alpha value is -2.90. The minimum atomic E-state index is -0.962. The number of rotatable bonds is 5. The molecule has 0 aromatic heterocycles. The average molecular weight is 354 g/mol. The van der Waals surface area contributed by atoms with Gasteiger partial charge in [-0.1, -0.05) is 12.1 Å². The number of hydrogen-bond donors (Lipinski definition) is 1. The Balaban J connectivity index is 2.12. The van der Waals surface area contributed by atoms with Crippen molar-refractivity contribution in [2.45, 2.75) is 13.3 Å². The molecule has 132 valence electrons. The van der Waals surface area contributed by atoms with E-state index in [9.17, 15) is 27.2 Å². The Morgan fingerprint density at radius 3 is 1.88 bits per heavy atom. The van der Waals surface area contributed by atoms with Gasteiger partial charge in [-0.2, -0.15) is 0 Å².